The maximum absolute atomic E-state index is 13.8. The van der Waals surface area contributed by atoms with Gasteiger partial charge in [-0.3, -0.25) is 19.3 Å². The predicted molar refractivity (Wildman–Crippen MR) is 171 cm³/mol. The summed E-state index contributed by atoms with van der Waals surface area (Å²) in [5, 5.41) is 2.92. The molecule has 11 heteroatoms. The van der Waals surface area contributed by atoms with Gasteiger partial charge in [-0.25, -0.2) is 12.8 Å². The molecule has 1 atom stereocenters. The molecule has 234 valence electrons. The van der Waals surface area contributed by atoms with E-state index in [0.717, 1.165) is 17.7 Å². The number of pyridine rings is 1. The second-order valence-electron chi connectivity index (χ2n) is 10.2. The lowest BCUT2D eigenvalue weighted by Gasteiger charge is -2.31. The van der Waals surface area contributed by atoms with Crippen LogP contribution in [0.5, 0.6) is 5.75 Å². The van der Waals surface area contributed by atoms with Crippen LogP contribution in [-0.2, 0) is 32.7 Å². The Hall–Kier alpha value is -5.55. The van der Waals surface area contributed by atoms with Crippen LogP contribution in [0.25, 0.3) is 0 Å². The van der Waals surface area contributed by atoms with Crippen molar-refractivity contribution in [2.45, 2.75) is 24.0 Å². The van der Waals surface area contributed by atoms with Crippen LogP contribution in [0.15, 0.2) is 138 Å². The number of ether oxygens (including phenoxy) is 1. The minimum absolute atomic E-state index is 0.0464. The van der Waals surface area contributed by atoms with Gasteiger partial charge in [-0.05, 0) is 71.8 Å². The number of sulfonamides is 1. The number of carbonyl (C=O) groups is 2. The van der Waals surface area contributed by atoms with Gasteiger partial charge in [0, 0.05) is 18.4 Å². The number of carbonyl (C=O) groups excluding carboxylic acids is 2. The topological polar surface area (TPSA) is 118 Å². The van der Waals surface area contributed by atoms with Crippen molar-refractivity contribution in [1.82, 2.24) is 15.2 Å². The predicted octanol–water partition coefficient (Wildman–Crippen LogP) is 5.49. The van der Waals surface area contributed by atoms with Gasteiger partial charge >= 0.3 is 0 Å². The Kier molecular flexibility index (Phi) is 10.4. The third-order valence-corrected chi connectivity index (χ3v) is 8.35. The molecule has 0 bridgehead atoms. The lowest BCUT2D eigenvalue weighted by molar-refractivity contribution is -0.143. The zero-order chi connectivity index (χ0) is 32.4. The first-order valence-electron chi connectivity index (χ1n) is 14.4. The number of hydrogen-bond donors (Lipinski definition) is 2. The fourth-order valence-electron chi connectivity index (χ4n) is 4.66. The van der Waals surface area contributed by atoms with Crippen molar-refractivity contribution in [3.05, 3.63) is 156 Å². The number of halogens is 1. The van der Waals surface area contributed by atoms with Crippen molar-refractivity contribution in [2.24, 2.45) is 0 Å². The number of nitrogens with zero attached hydrogens (tertiary/aromatic N) is 2. The van der Waals surface area contributed by atoms with Crippen molar-refractivity contribution in [2.75, 3.05) is 11.3 Å². The van der Waals surface area contributed by atoms with Crippen molar-refractivity contribution in [3.63, 3.8) is 0 Å². The summed E-state index contributed by atoms with van der Waals surface area (Å²) >= 11 is 0. The van der Waals surface area contributed by atoms with Gasteiger partial charge in [-0.1, -0.05) is 66.7 Å². The van der Waals surface area contributed by atoms with Gasteiger partial charge in [0.05, 0.1) is 17.1 Å². The first-order chi connectivity index (χ1) is 22.3. The minimum Gasteiger partial charge on any atom is -0.484 e. The molecule has 1 aromatic heterocycles. The summed E-state index contributed by atoms with van der Waals surface area (Å²) in [5.74, 6) is -1.07. The summed E-state index contributed by atoms with van der Waals surface area (Å²) < 4.78 is 47.0. The van der Waals surface area contributed by atoms with E-state index < -0.39 is 34.4 Å². The molecular formula is C35H31FN4O5S. The summed E-state index contributed by atoms with van der Waals surface area (Å²) in [6.07, 6.45) is 1.64. The number of hydrogen-bond acceptors (Lipinski definition) is 6. The molecule has 0 aliphatic rings. The van der Waals surface area contributed by atoms with Gasteiger partial charge in [0.25, 0.3) is 15.9 Å². The van der Waals surface area contributed by atoms with E-state index in [4.69, 9.17) is 4.74 Å². The average molecular weight is 639 g/mol. The van der Waals surface area contributed by atoms with Crippen LogP contribution in [0, 0.1) is 5.82 Å². The Balaban J connectivity index is 1.34. The molecule has 9 nitrogen and oxygen atoms in total. The van der Waals surface area contributed by atoms with Crippen molar-refractivity contribution in [1.29, 1.82) is 0 Å². The highest BCUT2D eigenvalue weighted by Crippen LogP contribution is 2.25. The fraction of sp³-hybridized carbons (Fsp3) is 0.114. The van der Waals surface area contributed by atoms with Crippen LogP contribution in [-0.4, -0.2) is 36.7 Å². The molecule has 0 saturated carbocycles. The second-order valence-corrected chi connectivity index (χ2v) is 11.9. The van der Waals surface area contributed by atoms with E-state index in [-0.39, 0.29) is 35.3 Å². The van der Waals surface area contributed by atoms with Crippen molar-refractivity contribution < 1.29 is 27.1 Å². The molecule has 0 aliphatic heterocycles. The lowest BCUT2D eigenvalue weighted by Crippen LogP contribution is -2.45. The Labute approximate surface area is 266 Å². The minimum atomic E-state index is -3.95. The van der Waals surface area contributed by atoms with E-state index in [1.54, 1.807) is 42.6 Å². The van der Waals surface area contributed by atoms with Crippen LogP contribution in [0.3, 0.4) is 0 Å². The SMILES string of the molecule is O=C(NCc1ccccn1)C(c1ccccc1)N(Cc1ccccc1)C(=O)COc1ccc(S(=O)(=O)Nc2ccc(F)cc2)cc1. The van der Waals surface area contributed by atoms with Gasteiger partial charge in [0.2, 0.25) is 5.91 Å². The van der Waals surface area contributed by atoms with E-state index in [1.165, 1.54) is 41.3 Å². The summed E-state index contributed by atoms with van der Waals surface area (Å²) in [6.45, 7) is -0.104. The number of aromatic nitrogens is 1. The highest BCUT2D eigenvalue weighted by Gasteiger charge is 2.32. The zero-order valence-corrected chi connectivity index (χ0v) is 25.4. The standard InChI is InChI=1S/C35H31FN4O5S/c36-28-14-16-29(17-15-28)39-46(43,44)32-20-18-31(19-21-32)45-25-33(41)40(24-26-9-3-1-4-10-26)34(27-11-5-2-6-12-27)35(42)38-23-30-13-7-8-22-37-30/h1-22,34,39H,23-25H2,(H,38,42). The molecule has 0 radical (unpaired) electrons. The average Bonchev–Trinajstić information content (AvgIpc) is 3.08. The molecule has 0 spiro atoms. The number of rotatable bonds is 13. The van der Waals surface area contributed by atoms with Crippen molar-refractivity contribution >= 4 is 27.5 Å². The maximum atomic E-state index is 13.8. The van der Waals surface area contributed by atoms with Gasteiger partial charge in [-0.2, -0.15) is 0 Å². The third kappa shape index (κ3) is 8.54. The lowest BCUT2D eigenvalue weighted by atomic mass is 10.0. The molecule has 1 unspecified atom stereocenters. The molecular weight excluding hydrogens is 607 g/mol. The quantitative estimate of drug-likeness (QED) is 0.176. The van der Waals surface area contributed by atoms with Crippen LogP contribution in [0.4, 0.5) is 10.1 Å². The van der Waals surface area contributed by atoms with E-state index in [0.29, 0.717) is 11.3 Å². The molecule has 46 heavy (non-hydrogen) atoms. The van der Waals surface area contributed by atoms with Gasteiger partial charge in [0.15, 0.2) is 6.61 Å². The van der Waals surface area contributed by atoms with Crippen LogP contribution in [0.2, 0.25) is 0 Å². The number of amides is 2. The van der Waals surface area contributed by atoms with Gasteiger partial charge in [-0.15, -0.1) is 0 Å². The molecule has 2 amide bonds. The molecule has 0 fully saturated rings. The fourth-order valence-corrected chi connectivity index (χ4v) is 5.72. The highest BCUT2D eigenvalue weighted by molar-refractivity contribution is 7.92. The smallest absolute Gasteiger partial charge is 0.261 e. The summed E-state index contributed by atoms with van der Waals surface area (Å²) in [6, 6.07) is 33.2. The molecule has 0 saturated heterocycles. The number of benzene rings is 4. The van der Waals surface area contributed by atoms with Crippen LogP contribution in [0.1, 0.15) is 22.9 Å². The molecule has 1 heterocycles. The Morgan fingerprint density at radius 1 is 0.804 bits per heavy atom. The molecule has 5 rings (SSSR count). The molecule has 5 aromatic rings. The van der Waals surface area contributed by atoms with E-state index >= 15 is 0 Å². The molecule has 0 aliphatic carbocycles. The highest BCUT2D eigenvalue weighted by atomic mass is 32.2. The van der Waals surface area contributed by atoms with Crippen LogP contribution >= 0.6 is 0 Å². The summed E-state index contributed by atoms with van der Waals surface area (Å²) in [5.41, 5.74) is 2.32. The first-order valence-corrected chi connectivity index (χ1v) is 15.8. The van der Waals surface area contributed by atoms with E-state index in [9.17, 15) is 22.4 Å². The van der Waals surface area contributed by atoms with Crippen LogP contribution < -0.4 is 14.8 Å². The van der Waals surface area contributed by atoms with Gasteiger partial charge in [0.1, 0.15) is 17.6 Å². The summed E-state index contributed by atoms with van der Waals surface area (Å²) in [7, 11) is -3.95. The summed E-state index contributed by atoms with van der Waals surface area (Å²) in [4.78, 5) is 33.3. The maximum Gasteiger partial charge on any atom is 0.261 e. The third-order valence-electron chi connectivity index (χ3n) is 6.95. The number of nitrogens with one attached hydrogen (secondary N) is 2. The van der Waals surface area contributed by atoms with E-state index in [2.05, 4.69) is 15.0 Å². The monoisotopic (exact) mass is 638 g/mol. The Morgan fingerprint density at radius 3 is 2.11 bits per heavy atom. The first kappa shape index (κ1) is 31.9. The van der Waals surface area contributed by atoms with E-state index in [1.807, 2.05) is 42.5 Å². The molecule has 2 N–H and O–H groups in total. The van der Waals surface area contributed by atoms with Crippen molar-refractivity contribution in [3.8, 4) is 5.75 Å². The second kappa shape index (κ2) is 15.0. The van der Waals surface area contributed by atoms with Gasteiger partial charge < -0.3 is 15.0 Å². The number of anilines is 1. The zero-order valence-electron chi connectivity index (χ0n) is 24.6. The largest absolute Gasteiger partial charge is 0.484 e. The molecule has 4 aromatic carbocycles. The Bertz CT molecular complexity index is 1840. The normalized spacial score (nSPS) is 11.7. The Morgan fingerprint density at radius 2 is 1.46 bits per heavy atom.